The first-order valence-corrected chi connectivity index (χ1v) is 6.82. The van der Waals surface area contributed by atoms with E-state index >= 15 is 0 Å². The van der Waals surface area contributed by atoms with Crippen molar-refractivity contribution >= 4 is 11.6 Å². The fraction of sp³-hybridized carbons (Fsp3) is 0.267. The van der Waals surface area contributed by atoms with E-state index in [0.29, 0.717) is 23.9 Å². The molecule has 0 aliphatic carbocycles. The lowest BCUT2D eigenvalue weighted by molar-refractivity contribution is 0.0949. The number of ether oxygens (including phenoxy) is 1. The van der Waals surface area contributed by atoms with Crippen molar-refractivity contribution < 1.29 is 9.53 Å². The van der Waals surface area contributed by atoms with Crippen LogP contribution in [0.4, 0.5) is 5.69 Å². The Morgan fingerprint density at radius 3 is 2.62 bits per heavy atom. The van der Waals surface area contributed by atoms with Crippen LogP contribution in [0.1, 0.15) is 29.9 Å². The molecule has 0 saturated carbocycles. The molecule has 3 N–H and O–H groups in total. The number of nitrogens with zero attached hydrogens (tertiary/aromatic N) is 2. The number of aromatic nitrogens is 2. The van der Waals surface area contributed by atoms with Gasteiger partial charge in [-0.05, 0) is 37.1 Å². The normalized spacial score (nSPS) is 10.2. The van der Waals surface area contributed by atoms with Gasteiger partial charge >= 0.3 is 0 Å². The van der Waals surface area contributed by atoms with E-state index in [-0.39, 0.29) is 11.6 Å². The summed E-state index contributed by atoms with van der Waals surface area (Å²) < 4.78 is 5.57. The number of amides is 1. The summed E-state index contributed by atoms with van der Waals surface area (Å²) in [4.78, 5) is 11.6. The van der Waals surface area contributed by atoms with Gasteiger partial charge in [0, 0.05) is 12.6 Å². The maximum absolute atomic E-state index is 11.6. The Morgan fingerprint density at radius 1 is 1.24 bits per heavy atom. The smallest absolute Gasteiger partial charge is 0.271 e. The van der Waals surface area contributed by atoms with Crippen LogP contribution in [-0.4, -0.2) is 22.6 Å². The predicted octanol–water partition coefficient (Wildman–Crippen LogP) is 2.16. The number of hydrogen-bond acceptors (Lipinski definition) is 5. The Labute approximate surface area is 123 Å². The lowest BCUT2D eigenvalue weighted by Gasteiger charge is -2.08. The third kappa shape index (κ3) is 3.68. The van der Waals surface area contributed by atoms with Gasteiger partial charge in [0.25, 0.3) is 5.91 Å². The van der Waals surface area contributed by atoms with Crippen molar-refractivity contribution in [3.8, 4) is 11.6 Å². The minimum atomic E-state index is -0.261. The summed E-state index contributed by atoms with van der Waals surface area (Å²) in [6.45, 7) is 4.44. The van der Waals surface area contributed by atoms with Gasteiger partial charge in [0.2, 0.25) is 5.88 Å². The number of carbonyl (C=O) groups is 1. The van der Waals surface area contributed by atoms with Gasteiger partial charge in [0.15, 0.2) is 11.4 Å². The maximum Gasteiger partial charge on any atom is 0.271 e. The molecule has 1 aromatic carbocycles. The number of hydrogen-bond donors (Lipinski definition) is 2. The summed E-state index contributed by atoms with van der Waals surface area (Å²) in [5.41, 5.74) is 7.86. The summed E-state index contributed by atoms with van der Waals surface area (Å²) in [6.07, 6.45) is 0.908. The second-order valence-corrected chi connectivity index (χ2v) is 4.44. The lowest BCUT2D eigenvalue weighted by Crippen LogP contribution is -2.23. The van der Waals surface area contributed by atoms with Gasteiger partial charge in [0.05, 0.1) is 5.69 Å². The predicted molar refractivity (Wildman–Crippen MR) is 80.3 cm³/mol. The third-order valence-electron chi connectivity index (χ3n) is 2.91. The number of carbonyl (C=O) groups excluding carboxylic acids is 1. The van der Waals surface area contributed by atoms with Crippen LogP contribution >= 0.6 is 0 Å². The van der Waals surface area contributed by atoms with Crippen molar-refractivity contribution in [2.75, 3.05) is 12.3 Å². The van der Waals surface area contributed by atoms with E-state index in [1.54, 1.807) is 18.2 Å². The first kappa shape index (κ1) is 14.8. The monoisotopic (exact) mass is 286 g/mol. The molecule has 0 unspecified atom stereocenters. The molecule has 6 nitrogen and oxygen atoms in total. The van der Waals surface area contributed by atoms with E-state index in [1.165, 1.54) is 0 Å². The molecule has 0 spiro atoms. The molecule has 0 atom stereocenters. The molecule has 110 valence electrons. The second kappa shape index (κ2) is 6.69. The number of benzene rings is 1. The highest BCUT2D eigenvalue weighted by atomic mass is 16.5. The molecule has 2 aromatic rings. The van der Waals surface area contributed by atoms with E-state index in [2.05, 4.69) is 22.4 Å². The highest BCUT2D eigenvalue weighted by Gasteiger charge is 2.08. The molecule has 1 heterocycles. The molecule has 2 rings (SSSR count). The first-order chi connectivity index (χ1) is 10.1. The summed E-state index contributed by atoms with van der Waals surface area (Å²) in [5, 5.41) is 10.4. The van der Waals surface area contributed by atoms with Crippen LogP contribution in [0.25, 0.3) is 0 Å². The second-order valence-electron chi connectivity index (χ2n) is 4.44. The molecule has 0 radical (unpaired) electrons. The van der Waals surface area contributed by atoms with Crippen LogP contribution in [0.3, 0.4) is 0 Å². The number of rotatable bonds is 5. The molecule has 1 amide bonds. The largest absolute Gasteiger partial charge is 0.435 e. The van der Waals surface area contributed by atoms with E-state index < -0.39 is 0 Å². The van der Waals surface area contributed by atoms with Crippen molar-refractivity contribution in [3.63, 3.8) is 0 Å². The highest BCUT2D eigenvalue weighted by Crippen LogP contribution is 2.27. The van der Waals surface area contributed by atoms with Crippen LogP contribution in [0.2, 0.25) is 0 Å². The molecule has 6 heteroatoms. The molecule has 21 heavy (non-hydrogen) atoms. The average molecular weight is 286 g/mol. The van der Waals surface area contributed by atoms with Crippen molar-refractivity contribution in [1.29, 1.82) is 0 Å². The van der Waals surface area contributed by atoms with Crippen LogP contribution < -0.4 is 15.8 Å². The fourth-order valence-electron chi connectivity index (χ4n) is 1.77. The van der Waals surface area contributed by atoms with Gasteiger partial charge in [-0.25, -0.2) is 0 Å². The number of nitrogen functional groups attached to an aromatic ring is 1. The molecular formula is C15H18N4O2. The number of anilines is 1. The van der Waals surface area contributed by atoms with Crippen molar-refractivity contribution in [3.05, 3.63) is 41.6 Å². The van der Waals surface area contributed by atoms with E-state index in [9.17, 15) is 4.79 Å². The zero-order valence-electron chi connectivity index (χ0n) is 12.1. The number of nitrogens with one attached hydrogen (secondary N) is 1. The standard InChI is InChI=1S/C15H18N4O2/c1-3-10-5-7-13(11(16)9-10)21-14-8-6-12(18-19-14)15(20)17-4-2/h5-9H,3-4,16H2,1-2H3,(H,17,20). The van der Waals surface area contributed by atoms with Gasteiger partial charge in [-0.3, -0.25) is 4.79 Å². The number of nitrogens with two attached hydrogens (primary N) is 1. The van der Waals surface area contributed by atoms with Crippen LogP contribution in [-0.2, 0) is 6.42 Å². The summed E-state index contributed by atoms with van der Waals surface area (Å²) in [7, 11) is 0. The van der Waals surface area contributed by atoms with E-state index in [4.69, 9.17) is 10.5 Å². The minimum Gasteiger partial charge on any atom is -0.435 e. The minimum absolute atomic E-state index is 0.249. The Bertz CT molecular complexity index is 626. The van der Waals surface area contributed by atoms with Crippen molar-refractivity contribution in [1.82, 2.24) is 15.5 Å². The maximum atomic E-state index is 11.6. The molecule has 0 aliphatic rings. The third-order valence-corrected chi connectivity index (χ3v) is 2.91. The fourth-order valence-corrected chi connectivity index (χ4v) is 1.77. The Hall–Kier alpha value is -2.63. The van der Waals surface area contributed by atoms with E-state index in [1.807, 2.05) is 19.1 Å². The van der Waals surface area contributed by atoms with Gasteiger partial charge in [-0.2, -0.15) is 0 Å². The van der Waals surface area contributed by atoms with Crippen LogP contribution in [0.15, 0.2) is 30.3 Å². The summed E-state index contributed by atoms with van der Waals surface area (Å²) >= 11 is 0. The molecule has 0 bridgehead atoms. The Balaban J connectivity index is 2.11. The first-order valence-electron chi connectivity index (χ1n) is 6.82. The van der Waals surface area contributed by atoms with Crippen LogP contribution in [0.5, 0.6) is 11.6 Å². The molecular weight excluding hydrogens is 268 g/mol. The molecule has 0 saturated heterocycles. The van der Waals surface area contributed by atoms with Gasteiger partial charge in [0.1, 0.15) is 0 Å². The zero-order valence-corrected chi connectivity index (χ0v) is 12.1. The molecule has 0 aliphatic heterocycles. The van der Waals surface area contributed by atoms with Gasteiger partial charge < -0.3 is 15.8 Å². The summed E-state index contributed by atoms with van der Waals surface area (Å²) in [5.74, 6) is 0.551. The van der Waals surface area contributed by atoms with E-state index in [0.717, 1.165) is 12.0 Å². The van der Waals surface area contributed by atoms with Crippen molar-refractivity contribution in [2.24, 2.45) is 0 Å². The van der Waals surface area contributed by atoms with Crippen LogP contribution in [0, 0.1) is 0 Å². The Kier molecular flexibility index (Phi) is 4.71. The molecule has 1 aromatic heterocycles. The topological polar surface area (TPSA) is 90.1 Å². The zero-order chi connectivity index (χ0) is 15.2. The van der Waals surface area contributed by atoms with Crippen molar-refractivity contribution in [2.45, 2.75) is 20.3 Å². The average Bonchev–Trinajstić information content (AvgIpc) is 2.50. The highest BCUT2D eigenvalue weighted by molar-refractivity contribution is 5.91. The van der Waals surface area contributed by atoms with Gasteiger partial charge in [-0.15, -0.1) is 10.2 Å². The molecule has 0 fully saturated rings. The SMILES string of the molecule is CCNC(=O)c1ccc(Oc2ccc(CC)cc2N)nn1. The summed E-state index contributed by atoms with van der Waals surface area (Å²) in [6, 6.07) is 8.76. The Morgan fingerprint density at radius 2 is 2.05 bits per heavy atom. The quantitative estimate of drug-likeness (QED) is 0.822. The number of aryl methyl sites for hydroxylation is 1. The lowest BCUT2D eigenvalue weighted by atomic mass is 10.1. The van der Waals surface area contributed by atoms with Gasteiger partial charge in [-0.1, -0.05) is 13.0 Å².